The van der Waals surface area contributed by atoms with Gasteiger partial charge in [-0.05, 0) is 51.0 Å². The van der Waals surface area contributed by atoms with Gasteiger partial charge in [-0.3, -0.25) is 4.79 Å². The molecule has 112 valence electrons. The minimum absolute atomic E-state index is 0.0363. The van der Waals surface area contributed by atoms with E-state index in [4.69, 9.17) is 10.5 Å². The highest BCUT2D eigenvalue weighted by Crippen LogP contribution is 2.21. The van der Waals surface area contributed by atoms with Crippen LogP contribution in [0.1, 0.15) is 25.0 Å². The Balaban J connectivity index is 3.03. The van der Waals surface area contributed by atoms with E-state index in [-0.39, 0.29) is 11.5 Å². The molecule has 1 rings (SSSR count). The molecule has 0 spiro atoms. The summed E-state index contributed by atoms with van der Waals surface area (Å²) in [5.74, 6) is -0.618. The molecule has 0 saturated heterocycles. The normalized spacial score (nSPS) is 13.0. The summed E-state index contributed by atoms with van der Waals surface area (Å²) in [7, 11) is -3.82. The second-order valence-electron chi connectivity index (χ2n) is 4.55. The molecule has 0 bridgehead atoms. The van der Waals surface area contributed by atoms with Crippen LogP contribution in [0.5, 0.6) is 0 Å². The lowest BCUT2D eigenvalue weighted by molar-refractivity contribution is -0.144. The van der Waals surface area contributed by atoms with Crippen molar-refractivity contribution in [3.63, 3.8) is 0 Å². The molecule has 0 aliphatic rings. The van der Waals surface area contributed by atoms with E-state index in [1.54, 1.807) is 13.8 Å². The first kappa shape index (κ1) is 16.5. The minimum Gasteiger partial charge on any atom is -0.465 e. The number of rotatable bonds is 5. The maximum atomic E-state index is 12.2. The number of benzene rings is 1. The Kier molecular flexibility index (Phi) is 5.13. The number of carbonyl (C=O) groups excluding carboxylic acids is 1. The fourth-order valence-electron chi connectivity index (χ4n) is 1.62. The first-order valence-corrected chi connectivity index (χ1v) is 7.73. The van der Waals surface area contributed by atoms with Crippen molar-refractivity contribution >= 4 is 21.7 Å². The van der Waals surface area contributed by atoms with E-state index < -0.39 is 22.0 Å². The van der Waals surface area contributed by atoms with Crippen molar-refractivity contribution in [1.82, 2.24) is 4.72 Å². The van der Waals surface area contributed by atoms with Crippen molar-refractivity contribution in [3.8, 4) is 0 Å². The SMILES string of the molecule is CCOC(=O)C(C)NS(=O)(=O)c1cc(C)c(C)c(N)c1. The van der Waals surface area contributed by atoms with Crippen molar-refractivity contribution in [1.29, 1.82) is 0 Å². The summed E-state index contributed by atoms with van der Waals surface area (Å²) in [5.41, 5.74) is 7.78. The molecule has 20 heavy (non-hydrogen) atoms. The summed E-state index contributed by atoms with van der Waals surface area (Å²) in [4.78, 5) is 11.5. The molecule has 1 unspecified atom stereocenters. The van der Waals surface area contributed by atoms with Crippen LogP contribution < -0.4 is 10.5 Å². The van der Waals surface area contributed by atoms with Gasteiger partial charge in [-0.25, -0.2) is 8.42 Å². The van der Waals surface area contributed by atoms with E-state index in [1.807, 2.05) is 6.92 Å². The van der Waals surface area contributed by atoms with Crippen LogP contribution in [-0.4, -0.2) is 27.0 Å². The number of anilines is 1. The van der Waals surface area contributed by atoms with Gasteiger partial charge in [0.1, 0.15) is 6.04 Å². The number of aryl methyl sites for hydroxylation is 1. The summed E-state index contributed by atoms with van der Waals surface area (Å²) in [5, 5.41) is 0. The van der Waals surface area contributed by atoms with Crippen molar-refractivity contribution in [2.45, 2.75) is 38.6 Å². The molecule has 0 heterocycles. The summed E-state index contributed by atoms with van der Waals surface area (Å²) in [6.45, 7) is 6.87. The highest BCUT2D eigenvalue weighted by Gasteiger charge is 2.23. The molecule has 7 heteroatoms. The molecule has 0 saturated carbocycles. The second kappa shape index (κ2) is 6.23. The Morgan fingerprint density at radius 2 is 2.00 bits per heavy atom. The number of nitrogens with one attached hydrogen (secondary N) is 1. The number of ether oxygens (including phenoxy) is 1. The monoisotopic (exact) mass is 300 g/mol. The fourth-order valence-corrected chi connectivity index (χ4v) is 2.94. The highest BCUT2D eigenvalue weighted by atomic mass is 32.2. The topological polar surface area (TPSA) is 98.5 Å². The zero-order chi connectivity index (χ0) is 15.5. The lowest BCUT2D eigenvalue weighted by Crippen LogP contribution is -2.39. The van der Waals surface area contributed by atoms with Gasteiger partial charge in [0.2, 0.25) is 10.0 Å². The molecule has 0 amide bonds. The second-order valence-corrected chi connectivity index (χ2v) is 6.26. The predicted octanol–water partition coefficient (Wildman–Crippen LogP) is 1.12. The van der Waals surface area contributed by atoms with E-state index >= 15 is 0 Å². The van der Waals surface area contributed by atoms with Crippen LogP contribution in [0.15, 0.2) is 17.0 Å². The number of nitrogens with two attached hydrogens (primary N) is 1. The summed E-state index contributed by atoms with van der Waals surface area (Å²) >= 11 is 0. The number of sulfonamides is 1. The van der Waals surface area contributed by atoms with Crippen LogP contribution in [0.2, 0.25) is 0 Å². The zero-order valence-electron chi connectivity index (χ0n) is 12.1. The first-order valence-electron chi connectivity index (χ1n) is 6.24. The molecule has 1 aromatic rings. The number of nitrogen functional groups attached to an aromatic ring is 1. The highest BCUT2D eigenvalue weighted by molar-refractivity contribution is 7.89. The van der Waals surface area contributed by atoms with Crippen LogP contribution in [0, 0.1) is 13.8 Å². The van der Waals surface area contributed by atoms with Crippen LogP contribution in [0.25, 0.3) is 0 Å². The molecular formula is C13H20N2O4S. The third-order valence-electron chi connectivity index (χ3n) is 2.96. The van der Waals surface area contributed by atoms with Crippen molar-refractivity contribution in [3.05, 3.63) is 23.3 Å². The van der Waals surface area contributed by atoms with E-state index in [9.17, 15) is 13.2 Å². The van der Waals surface area contributed by atoms with Gasteiger partial charge in [0.05, 0.1) is 11.5 Å². The van der Waals surface area contributed by atoms with Crippen molar-refractivity contribution in [2.75, 3.05) is 12.3 Å². The van der Waals surface area contributed by atoms with Gasteiger partial charge in [-0.2, -0.15) is 4.72 Å². The van der Waals surface area contributed by atoms with Gasteiger partial charge in [-0.15, -0.1) is 0 Å². The first-order chi connectivity index (χ1) is 9.19. The Morgan fingerprint density at radius 3 is 2.50 bits per heavy atom. The van der Waals surface area contributed by atoms with Gasteiger partial charge in [0.25, 0.3) is 0 Å². The van der Waals surface area contributed by atoms with Crippen molar-refractivity contribution < 1.29 is 17.9 Å². The number of esters is 1. The average Bonchev–Trinajstić information content (AvgIpc) is 2.35. The molecule has 1 aromatic carbocycles. The zero-order valence-corrected chi connectivity index (χ0v) is 12.9. The Bertz CT molecular complexity index is 588. The van der Waals surface area contributed by atoms with Crippen LogP contribution in [-0.2, 0) is 19.6 Å². The predicted molar refractivity (Wildman–Crippen MR) is 76.7 cm³/mol. The van der Waals surface area contributed by atoms with E-state index in [1.165, 1.54) is 19.1 Å². The standard InChI is InChI=1S/C13H20N2O4S/c1-5-19-13(16)10(4)15-20(17,18)11-6-8(2)9(3)12(14)7-11/h6-7,10,15H,5,14H2,1-4H3. The number of hydrogen-bond donors (Lipinski definition) is 2. The summed E-state index contributed by atoms with van der Waals surface area (Å²) in [6, 6.07) is 1.94. The summed E-state index contributed by atoms with van der Waals surface area (Å²) < 4.78 is 31.4. The van der Waals surface area contributed by atoms with E-state index in [0.717, 1.165) is 11.1 Å². The van der Waals surface area contributed by atoms with E-state index in [2.05, 4.69) is 4.72 Å². The average molecular weight is 300 g/mol. The molecule has 0 aliphatic heterocycles. The molecule has 0 aromatic heterocycles. The molecule has 6 nitrogen and oxygen atoms in total. The minimum atomic E-state index is -3.82. The van der Waals surface area contributed by atoms with Crippen LogP contribution in [0.3, 0.4) is 0 Å². The molecule has 3 N–H and O–H groups in total. The van der Waals surface area contributed by atoms with Gasteiger partial charge in [-0.1, -0.05) is 0 Å². The van der Waals surface area contributed by atoms with Gasteiger partial charge in [0, 0.05) is 5.69 Å². The molecule has 1 atom stereocenters. The largest absolute Gasteiger partial charge is 0.465 e. The Morgan fingerprint density at radius 1 is 1.40 bits per heavy atom. The van der Waals surface area contributed by atoms with Crippen LogP contribution in [0.4, 0.5) is 5.69 Å². The third-order valence-corrected chi connectivity index (χ3v) is 4.48. The number of carbonyl (C=O) groups is 1. The molecular weight excluding hydrogens is 280 g/mol. The van der Waals surface area contributed by atoms with Gasteiger partial charge >= 0.3 is 5.97 Å². The van der Waals surface area contributed by atoms with Crippen molar-refractivity contribution in [2.24, 2.45) is 0 Å². The lowest BCUT2D eigenvalue weighted by Gasteiger charge is -2.14. The maximum absolute atomic E-state index is 12.2. The smallest absolute Gasteiger partial charge is 0.323 e. The fraction of sp³-hybridized carbons (Fsp3) is 0.462. The third kappa shape index (κ3) is 3.71. The number of hydrogen-bond acceptors (Lipinski definition) is 5. The maximum Gasteiger partial charge on any atom is 0.323 e. The Labute approximate surface area is 119 Å². The van der Waals surface area contributed by atoms with Gasteiger partial charge in [0.15, 0.2) is 0 Å². The molecule has 0 aliphatic carbocycles. The summed E-state index contributed by atoms with van der Waals surface area (Å²) in [6.07, 6.45) is 0. The Hall–Kier alpha value is -1.60. The van der Waals surface area contributed by atoms with E-state index in [0.29, 0.717) is 5.69 Å². The molecule has 0 radical (unpaired) electrons. The lowest BCUT2D eigenvalue weighted by atomic mass is 10.1. The molecule has 0 fully saturated rings. The van der Waals surface area contributed by atoms with Crippen LogP contribution >= 0.6 is 0 Å². The van der Waals surface area contributed by atoms with Gasteiger partial charge < -0.3 is 10.5 Å². The quantitative estimate of drug-likeness (QED) is 0.627.